The van der Waals surface area contributed by atoms with E-state index in [1.165, 1.54) is 17.7 Å². The Kier molecular flexibility index (Phi) is 12.2. The first-order chi connectivity index (χ1) is 18.2. The van der Waals surface area contributed by atoms with Crippen molar-refractivity contribution in [1.29, 1.82) is 0 Å². The van der Waals surface area contributed by atoms with Crippen LogP contribution in [-0.4, -0.2) is 88.7 Å². The van der Waals surface area contributed by atoms with Crippen molar-refractivity contribution in [2.45, 2.75) is 52.2 Å². The van der Waals surface area contributed by atoms with E-state index < -0.39 is 11.9 Å². The zero-order valence-corrected chi connectivity index (χ0v) is 23.0. The Labute approximate surface area is 230 Å². The van der Waals surface area contributed by atoms with Crippen LogP contribution in [0.1, 0.15) is 62.0 Å². The minimum absolute atomic E-state index is 0. The molecular weight excluding hydrogens is 502 g/mol. The summed E-state index contributed by atoms with van der Waals surface area (Å²) in [6, 6.07) is 16.9. The van der Waals surface area contributed by atoms with Gasteiger partial charge in [0.25, 0.3) is 5.91 Å². The van der Waals surface area contributed by atoms with Crippen LogP contribution in [0.4, 0.5) is 5.69 Å². The summed E-state index contributed by atoms with van der Waals surface area (Å²) < 4.78 is 6.04. The third-order valence-corrected chi connectivity index (χ3v) is 6.87. The van der Waals surface area contributed by atoms with Crippen molar-refractivity contribution in [3.05, 3.63) is 59.7 Å². The minimum Gasteiger partial charge on any atom is -0.489 e. The normalized spacial score (nSPS) is 16.4. The lowest BCUT2D eigenvalue weighted by Gasteiger charge is -2.40. The lowest BCUT2D eigenvalue weighted by Crippen LogP contribution is -2.47. The number of para-hydroxylation sites is 2. The first kappa shape index (κ1) is 31.6. The summed E-state index contributed by atoms with van der Waals surface area (Å²) in [5.74, 6) is -2.50. The first-order valence-electron chi connectivity index (χ1n) is 13.3. The van der Waals surface area contributed by atoms with Gasteiger partial charge in [0.1, 0.15) is 5.75 Å². The molecule has 0 radical (unpaired) electrons. The van der Waals surface area contributed by atoms with Crippen LogP contribution in [-0.2, 0) is 9.59 Å². The highest BCUT2D eigenvalue weighted by atomic mass is 16.5. The van der Waals surface area contributed by atoms with E-state index >= 15 is 0 Å². The fourth-order valence-electron chi connectivity index (χ4n) is 4.84. The summed E-state index contributed by atoms with van der Waals surface area (Å²) in [7, 11) is 0. The quantitative estimate of drug-likeness (QED) is 0.529. The van der Waals surface area contributed by atoms with E-state index in [9.17, 15) is 4.79 Å². The van der Waals surface area contributed by atoms with Crippen molar-refractivity contribution in [2.75, 3.05) is 44.2 Å². The van der Waals surface area contributed by atoms with Gasteiger partial charge in [0.15, 0.2) is 0 Å². The second kappa shape index (κ2) is 15.1. The molecule has 2 heterocycles. The monoisotopic (exact) mass is 543 g/mol. The van der Waals surface area contributed by atoms with Crippen molar-refractivity contribution in [3.63, 3.8) is 0 Å². The Balaban J connectivity index is 0.000000687. The van der Waals surface area contributed by atoms with Gasteiger partial charge in [-0.05, 0) is 69.9 Å². The van der Waals surface area contributed by atoms with Gasteiger partial charge in [-0.15, -0.1) is 0 Å². The number of hydrogen-bond acceptors (Lipinski definition) is 6. The van der Waals surface area contributed by atoms with Gasteiger partial charge >= 0.3 is 11.9 Å². The van der Waals surface area contributed by atoms with Crippen molar-refractivity contribution >= 4 is 23.5 Å². The number of carboxylic acids is 2. The van der Waals surface area contributed by atoms with Crippen LogP contribution in [0.3, 0.4) is 0 Å². The molecule has 4 N–H and O–H groups in total. The molecule has 1 unspecified atom stereocenters. The van der Waals surface area contributed by atoms with E-state index in [2.05, 4.69) is 60.9 Å². The maximum Gasteiger partial charge on any atom is 0.414 e. The molecule has 2 aromatic carbocycles. The number of carbonyl (C=O) groups is 3. The zero-order valence-electron chi connectivity index (χ0n) is 23.0. The predicted molar refractivity (Wildman–Crippen MR) is 149 cm³/mol. The summed E-state index contributed by atoms with van der Waals surface area (Å²) in [6.45, 7) is 12.1. The highest BCUT2D eigenvalue weighted by molar-refractivity contribution is 6.27. The van der Waals surface area contributed by atoms with Gasteiger partial charge in [0, 0.05) is 50.9 Å². The summed E-state index contributed by atoms with van der Waals surface area (Å²) in [5.41, 5.74) is 3.24. The van der Waals surface area contributed by atoms with E-state index in [0.717, 1.165) is 63.4 Å². The van der Waals surface area contributed by atoms with Crippen LogP contribution in [0.2, 0.25) is 0 Å². The van der Waals surface area contributed by atoms with Gasteiger partial charge in [-0.2, -0.15) is 0 Å². The number of likely N-dealkylation sites (tertiary alicyclic amines) is 1. The lowest BCUT2D eigenvalue weighted by atomic mass is 10.0. The molecule has 2 aromatic rings. The third kappa shape index (κ3) is 8.97. The number of carboxylic acid groups (broad SMARTS) is 2. The second-order valence-corrected chi connectivity index (χ2v) is 9.92. The minimum atomic E-state index is -1.82. The smallest absolute Gasteiger partial charge is 0.414 e. The number of nitrogens with zero attached hydrogens (tertiary/aromatic N) is 3. The number of hydrogen-bond donors (Lipinski definition) is 2. The molecular formula is C29H41N3O7. The molecule has 10 nitrogen and oxygen atoms in total. The molecule has 0 saturated carbocycles. The van der Waals surface area contributed by atoms with Gasteiger partial charge in [0.2, 0.25) is 0 Å². The maximum absolute atomic E-state index is 13.0. The number of rotatable bonds is 6. The van der Waals surface area contributed by atoms with Crippen LogP contribution in [0.15, 0.2) is 48.5 Å². The number of piperidine rings is 1. The van der Waals surface area contributed by atoms with E-state index in [1.807, 2.05) is 23.1 Å². The van der Waals surface area contributed by atoms with Crippen LogP contribution >= 0.6 is 0 Å². The van der Waals surface area contributed by atoms with Crippen molar-refractivity contribution in [3.8, 4) is 5.75 Å². The van der Waals surface area contributed by atoms with Gasteiger partial charge in [-0.1, -0.05) is 24.3 Å². The SMILES string of the molecule is CC(C)Oc1ccccc1N1CCN(C(C)c2cccc(C(=O)N3CCCCC3)c2)CC1.O.O=C(O)C(=O)O. The Hall–Kier alpha value is -3.63. The molecule has 0 bridgehead atoms. The van der Waals surface area contributed by atoms with E-state index in [0.29, 0.717) is 0 Å². The Morgan fingerprint density at radius 3 is 2.00 bits per heavy atom. The van der Waals surface area contributed by atoms with Crippen LogP contribution < -0.4 is 9.64 Å². The highest BCUT2D eigenvalue weighted by Gasteiger charge is 2.25. The molecule has 2 fully saturated rings. The highest BCUT2D eigenvalue weighted by Crippen LogP contribution is 2.31. The van der Waals surface area contributed by atoms with Crippen LogP contribution in [0.25, 0.3) is 0 Å². The van der Waals surface area contributed by atoms with Gasteiger partial charge < -0.3 is 30.2 Å². The van der Waals surface area contributed by atoms with Gasteiger partial charge in [0.05, 0.1) is 11.8 Å². The number of benzene rings is 2. The topological polar surface area (TPSA) is 142 Å². The molecule has 10 heteroatoms. The molecule has 2 saturated heterocycles. The van der Waals surface area contributed by atoms with Crippen molar-refractivity contribution < 1.29 is 34.8 Å². The number of carbonyl (C=O) groups excluding carboxylic acids is 1. The fraction of sp³-hybridized carbons (Fsp3) is 0.483. The average molecular weight is 544 g/mol. The Bertz CT molecular complexity index is 1080. The number of aliphatic carboxylic acids is 2. The molecule has 2 aliphatic heterocycles. The van der Waals surface area contributed by atoms with E-state index in [1.54, 1.807) is 0 Å². The average Bonchev–Trinajstić information content (AvgIpc) is 2.93. The summed E-state index contributed by atoms with van der Waals surface area (Å²) >= 11 is 0. The number of ether oxygens (including phenoxy) is 1. The zero-order chi connectivity index (χ0) is 27.7. The largest absolute Gasteiger partial charge is 0.489 e. The van der Waals surface area contributed by atoms with Crippen molar-refractivity contribution in [1.82, 2.24) is 9.80 Å². The first-order valence-corrected chi connectivity index (χ1v) is 13.3. The number of anilines is 1. The fourth-order valence-corrected chi connectivity index (χ4v) is 4.84. The van der Waals surface area contributed by atoms with Gasteiger partial charge in [-0.3, -0.25) is 9.69 Å². The van der Waals surface area contributed by atoms with E-state index in [-0.39, 0.29) is 23.5 Å². The standard InChI is InChI=1S/C27H37N3O2.C2H2O4.H2O/c1-21(2)32-26-13-6-5-12-25(26)29-18-16-28(17-19-29)22(3)23-10-9-11-24(20-23)27(31)30-14-7-4-8-15-30;3-1(4)2(5)6;/h5-6,9-13,20-22H,4,7-8,14-19H2,1-3H3;(H,3,4)(H,5,6);1H2. The lowest BCUT2D eigenvalue weighted by molar-refractivity contribution is -0.159. The Morgan fingerprint density at radius 2 is 1.41 bits per heavy atom. The molecule has 4 rings (SSSR count). The molecule has 39 heavy (non-hydrogen) atoms. The summed E-state index contributed by atoms with van der Waals surface area (Å²) in [5, 5.41) is 14.8. The molecule has 2 aliphatic rings. The number of amides is 1. The van der Waals surface area contributed by atoms with Crippen molar-refractivity contribution in [2.24, 2.45) is 0 Å². The molecule has 0 aromatic heterocycles. The molecule has 1 atom stereocenters. The molecule has 1 amide bonds. The van der Waals surface area contributed by atoms with Crippen LogP contribution in [0, 0.1) is 0 Å². The summed E-state index contributed by atoms with van der Waals surface area (Å²) in [6.07, 6.45) is 3.65. The molecule has 214 valence electrons. The van der Waals surface area contributed by atoms with Crippen LogP contribution in [0.5, 0.6) is 5.75 Å². The Morgan fingerprint density at radius 1 is 0.795 bits per heavy atom. The molecule has 0 spiro atoms. The van der Waals surface area contributed by atoms with Gasteiger partial charge in [-0.25, -0.2) is 9.59 Å². The number of piperazine rings is 1. The second-order valence-electron chi connectivity index (χ2n) is 9.92. The maximum atomic E-state index is 13.0. The third-order valence-electron chi connectivity index (χ3n) is 6.87. The summed E-state index contributed by atoms with van der Waals surface area (Å²) in [4.78, 5) is 38.1. The predicted octanol–water partition coefficient (Wildman–Crippen LogP) is 3.31. The molecule has 0 aliphatic carbocycles. The van der Waals surface area contributed by atoms with E-state index in [4.69, 9.17) is 24.5 Å².